The predicted octanol–water partition coefficient (Wildman–Crippen LogP) is 16.3. The van der Waals surface area contributed by atoms with E-state index in [0.717, 1.165) is 94.2 Å². The van der Waals surface area contributed by atoms with Crippen LogP contribution in [-0.2, 0) is 57.2 Å². The van der Waals surface area contributed by atoms with Gasteiger partial charge in [0.2, 0.25) is 0 Å². The van der Waals surface area contributed by atoms with Crippen molar-refractivity contribution in [1.82, 2.24) is 99.5 Å². The molecule has 0 aliphatic rings. The lowest BCUT2D eigenvalue weighted by atomic mass is 9.93. The normalized spacial score (nSPS) is 11.6. The molecule has 1 N–H and O–H groups in total. The standard InChI is InChI=1S/C14H16N4.C14H19N3O.C14H19N3.C13H17N3O.C11H17N5.C8H15N3O.C6H10/c1-14(2,3)13-10-18(17-16-13)9-11-5-7-12(15-4)8-6-11;1-14(2,3)10-17-9-13(15-16-17)11-6-5-7-12(8-11)18-4;1-11-6-5-7-12(8-11)13-9-17(16-15-13)10-14(2,3)4;1-13(2,3)12-9-16(15-14-12)10-6-5-7-11(8-10)17-4;1-11(2,3)7-16-6-9(13-14-16)10-5-12-8-15(10)4;1-8(2,3)6-11-4-7(5-12)9-10-11;1-5-6(2,3)4/h5-8,10H,9H2,1-3H3;5-9H,10H2,1-4H3;5-9H,10H2,1-4H3;5-9H,1-4H3;5-6,8H,7H2,1-4H3;4,12H,5-6H2,1-3H3;1H,2-4H3. The van der Waals surface area contributed by atoms with Crippen LogP contribution >= 0.6 is 0 Å². The monoisotopic (exact) mass is 1420 g/mol. The van der Waals surface area contributed by atoms with Crippen molar-refractivity contribution in [1.29, 1.82) is 0 Å². The van der Waals surface area contributed by atoms with E-state index in [0.29, 0.717) is 17.9 Å². The van der Waals surface area contributed by atoms with E-state index in [2.05, 4.69) is 227 Å². The molecule has 7 aromatic heterocycles. The predicted molar refractivity (Wildman–Crippen MR) is 414 cm³/mol. The van der Waals surface area contributed by atoms with E-state index in [4.69, 9.17) is 27.6 Å². The van der Waals surface area contributed by atoms with E-state index in [1.165, 1.54) is 5.56 Å². The minimum atomic E-state index is -0.0376. The molecule has 0 unspecified atom stereocenters. The van der Waals surface area contributed by atoms with E-state index in [1.54, 1.807) is 42.3 Å². The summed E-state index contributed by atoms with van der Waals surface area (Å²) < 4.78 is 23.4. The molecule has 0 saturated heterocycles. The fourth-order valence-corrected chi connectivity index (χ4v) is 9.20. The number of nitrogens with zero attached hydrogens (tertiary/aromatic N) is 21. The number of methoxy groups -OCH3 is 2. The molecule has 7 heterocycles. The Morgan fingerprint density at radius 1 is 0.490 bits per heavy atom. The van der Waals surface area contributed by atoms with Gasteiger partial charge in [0.15, 0.2) is 5.69 Å². The lowest BCUT2D eigenvalue weighted by Crippen LogP contribution is -2.15. The first kappa shape index (κ1) is 84.2. The van der Waals surface area contributed by atoms with Gasteiger partial charge in [0, 0.05) is 72.9 Å². The molecule has 0 radical (unpaired) electrons. The van der Waals surface area contributed by atoms with Gasteiger partial charge in [-0.15, -0.1) is 42.9 Å². The third-order valence-corrected chi connectivity index (χ3v) is 14.4. The van der Waals surface area contributed by atoms with E-state index in [1.807, 2.05) is 161 Å². The molecule has 104 heavy (non-hydrogen) atoms. The van der Waals surface area contributed by atoms with Gasteiger partial charge < -0.3 is 19.1 Å². The number of ether oxygens (including phenoxy) is 2. The molecule has 0 atom stereocenters. The summed E-state index contributed by atoms with van der Waals surface area (Å²) in [6.45, 7) is 57.8. The average molecular weight is 1420 g/mol. The number of benzene rings is 4. The van der Waals surface area contributed by atoms with Crippen molar-refractivity contribution < 1.29 is 14.6 Å². The van der Waals surface area contributed by atoms with E-state index < -0.39 is 0 Å². The smallest absolute Gasteiger partial charge is 0.187 e. The number of aryl methyl sites for hydroxylation is 2. The molecule has 0 fully saturated rings. The molecular weight excluding hydrogens is 1300 g/mol. The Hall–Kier alpha value is -10.5. The summed E-state index contributed by atoms with van der Waals surface area (Å²) in [6, 6.07) is 31.5. The van der Waals surface area contributed by atoms with Crippen molar-refractivity contribution in [2.75, 3.05) is 14.2 Å². The Morgan fingerprint density at radius 2 is 0.923 bits per heavy atom. The Morgan fingerprint density at radius 3 is 1.35 bits per heavy atom. The fourth-order valence-electron chi connectivity index (χ4n) is 9.20. The second-order valence-corrected chi connectivity index (χ2v) is 33.4. The Balaban J connectivity index is 0.000000221. The van der Waals surface area contributed by atoms with Crippen LogP contribution in [0.15, 0.2) is 147 Å². The number of rotatable bonds is 13. The first-order valence-corrected chi connectivity index (χ1v) is 34.7. The molecule has 11 aromatic rings. The highest BCUT2D eigenvalue weighted by molar-refractivity contribution is 5.60. The van der Waals surface area contributed by atoms with E-state index in [9.17, 15) is 0 Å². The van der Waals surface area contributed by atoms with Gasteiger partial charge in [-0.3, -0.25) is 18.7 Å². The molecule has 24 heteroatoms. The summed E-state index contributed by atoms with van der Waals surface area (Å²) in [5.41, 5.74) is 13.3. The molecule has 0 aliphatic carbocycles. The van der Waals surface area contributed by atoms with Crippen molar-refractivity contribution in [2.24, 2.45) is 34.1 Å². The third kappa shape index (κ3) is 30.6. The maximum atomic E-state index is 8.73. The molecule has 0 amide bonds. The summed E-state index contributed by atoms with van der Waals surface area (Å²) in [6.07, 6.45) is 20.3. The quantitative estimate of drug-likeness (QED) is 0.0833. The van der Waals surface area contributed by atoms with E-state index in [-0.39, 0.29) is 44.5 Å². The second-order valence-electron chi connectivity index (χ2n) is 33.4. The van der Waals surface area contributed by atoms with Crippen LogP contribution < -0.4 is 9.47 Å². The zero-order valence-corrected chi connectivity index (χ0v) is 66.3. The third-order valence-electron chi connectivity index (χ3n) is 14.4. The molecular formula is C80H113N21O3. The van der Waals surface area contributed by atoms with Gasteiger partial charge in [-0.25, -0.2) is 19.2 Å². The van der Waals surface area contributed by atoms with Crippen LogP contribution in [0.5, 0.6) is 11.5 Å². The van der Waals surface area contributed by atoms with Crippen LogP contribution in [0.2, 0.25) is 0 Å². The summed E-state index contributed by atoms with van der Waals surface area (Å²) in [4.78, 5) is 7.44. The number of aliphatic hydroxyl groups is 1. The summed E-state index contributed by atoms with van der Waals surface area (Å²) >= 11 is 0. The maximum absolute atomic E-state index is 8.73. The van der Waals surface area contributed by atoms with Crippen molar-refractivity contribution in [3.63, 3.8) is 0 Å². The number of hydrogen-bond acceptors (Lipinski definition) is 16. The summed E-state index contributed by atoms with van der Waals surface area (Å²) in [7, 11) is 5.27. The minimum absolute atomic E-state index is 0.0110. The van der Waals surface area contributed by atoms with Gasteiger partial charge in [-0.2, -0.15) is 0 Å². The number of imidazole rings is 1. The van der Waals surface area contributed by atoms with Gasteiger partial charge in [0.25, 0.3) is 0 Å². The lowest BCUT2D eigenvalue weighted by molar-refractivity contribution is 0.276. The SMILES string of the molecule is C#CC(C)(C)C.CC(C)(C)Cn1cc(CO)nn1.COc1cccc(-c2cn(CC(C)(C)C)nn2)c1.COc1cccc(-n2cc(C(C)(C)C)nn2)c1.Cc1cccc(-c2cn(CC(C)(C)C)nn2)c1.Cn1cncc1-c1cn(CC(C)(C)C)nn1.[C-]#[N+]c1ccc(Cn2cc(C(C)(C)C)nn2)cc1. The topological polar surface area (TPSA) is 245 Å². The van der Waals surface area contributed by atoms with Crippen molar-refractivity contribution in [3.05, 3.63) is 186 Å². The number of hydrogen-bond donors (Lipinski definition) is 1. The van der Waals surface area contributed by atoms with Crippen LogP contribution in [0, 0.1) is 52.9 Å². The van der Waals surface area contributed by atoms with Crippen LogP contribution in [0.1, 0.15) is 174 Å². The van der Waals surface area contributed by atoms with Crippen LogP contribution in [-0.4, -0.2) is 119 Å². The molecule has 0 bridgehead atoms. The zero-order valence-electron chi connectivity index (χ0n) is 66.3. The first-order valence-electron chi connectivity index (χ1n) is 34.7. The second kappa shape index (κ2) is 37.1. The molecule has 556 valence electrons. The van der Waals surface area contributed by atoms with Crippen molar-refractivity contribution in [2.45, 2.75) is 202 Å². The lowest BCUT2D eigenvalue weighted by Gasteiger charge is -2.16. The number of terminal acetylenes is 1. The van der Waals surface area contributed by atoms with Gasteiger partial charge in [-0.1, -0.05) is 222 Å². The largest absolute Gasteiger partial charge is 0.497 e. The Bertz CT molecular complexity index is 4440. The molecule has 0 aliphatic heterocycles. The van der Waals surface area contributed by atoms with Gasteiger partial charge >= 0.3 is 0 Å². The molecule has 24 nitrogen and oxygen atoms in total. The summed E-state index contributed by atoms with van der Waals surface area (Å²) in [5.74, 6) is 4.25. The highest BCUT2D eigenvalue weighted by atomic mass is 16.5. The van der Waals surface area contributed by atoms with Crippen LogP contribution in [0.3, 0.4) is 0 Å². The molecule has 11 rings (SSSR count). The first-order chi connectivity index (χ1) is 48.4. The molecule has 4 aromatic carbocycles. The van der Waals surface area contributed by atoms with Crippen LogP contribution in [0.4, 0.5) is 5.69 Å². The van der Waals surface area contributed by atoms with Gasteiger partial charge in [-0.05, 0) is 85.3 Å². The highest BCUT2D eigenvalue weighted by Crippen LogP contribution is 2.27. The van der Waals surface area contributed by atoms with Crippen LogP contribution in [0.25, 0.3) is 44.4 Å². The highest BCUT2D eigenvalue weighted by Gasteiger charge is 2.21. The molecule has 0 spiro atoms. The number of aliphatic hydroxyl groups excluding tert-OH is 1. The minimum Gasteiger partial charge on any atom is -0.497 e. The molecule has 0 saturated carbocycles. The van der Waals surface area contributed by atoms with Crippen molar-refractivity contribution in [3.8, 4) is 63.4 Å². The Kier molecular flexibility index (Phi) is 30.0. The average Bonchev–Trinajstić information content (AvgIpc) is 1.67. The number of aromatic nitrogens is 20. The Labute approximate surface area is 617 Å². The van der Waals surface area contributed by atoms with Gasteiger partial charge in [0.1, 0.15) is 34.3 Å². The maximum Gasteiger partial charge on any atom is 0.187 e. The summed E-state index contributed by atoms with van der Waals surface area (Å²) in [5, 5.41) is 58.1. The zero-order chi connectivity index (χ0) is 77.4. The fraction of sp³-hybridized carbons (Fsp3) is 0.475. The van der Waals surface area contributed by atoms with Gasteiger partial charge in [0.05, 0.1) is 100 Å². The van der Waals surface area contributed by atoms with Crippen molar-refractivity contribution >= 4 is 5.69 Å². The van der Waals surface area contributed by atoms with E-state index >= 15 is 0 Å².